The number of hydrogen-bond acceptors (Lipinski definition) is 4. The van der Waals surface area contributed by atoms with Gasteiger partial charge in [0.05, 0.1) is 6.54 Å². The van der Waals surface area contributed by atoms with Crippen LogP contribution in [0.3, 0.4) is 0 Å². The number of nitrogens with one attached hydrogen (secondary N) is 1. The summed E-state index contributed by atoms with van der Waals surface area (Å²) in [6, 6.07) is 5.39. The second kappa shape index (κ2) is 5.46. The Kier molecular flexibility index (Phi) is 3.51. The van der Waals surface area contributed by atoms with Crippen LogP contribution >= 0.6 is 0 Å². The minimum absolute atomic E-state index is 0.0791. The maximum atomic E-state index is 12.0. The van der Waals surface area contributed by atoms with E-state index in [0.29, 0.717) is 18.6 Å². The first-order valence-electron chi connectivity index (χ1n) is 6.78. The average Bonchev–Trinajstić information content (AvgIpc) is 2.83. The first kappa shape index (κ1) is 12.9. The van der Waals surface area contributed by atoms with E-state index in [4.69, 9.17) is 0 Å². The van der Waals surface area contributed by atoms with Crippen molar-refractivity contribution in [1.29, 1.82) is 0 Å². The second-order valence-corrected chi connectivity index (χ2v) is 4.82. The topological polar surface area (TPSA) is 71.6 Å². The second-order valence-electron chi connectivity index (χ2n) is 4.82. The largest absolute Gasteiger partial charge is 0.350 e. The lowest BCUT2D eigenvalue weighted by Crippen LogP contribution is -2.46. The molecule has 1 saturated heterocycles. The third-order valence-corrected chi connectivity index (χ3v) is 3.50. The summed E-state index contributed by atoms with van der Waals surface area (Å²) < 4.78 is 2.84. The summed E-state index contributed by atoms with van der Waals surface area (Å²) >= 11 is 0. The molecule has 2 aromatic heterocycles. The van der Waals surface area contributed by atoms with Crippen LogP contribution in [0, 0.1) is 0 Å². The fourth-order valence-electron chi connectivity index (χ4n) is 2.39. The molecule has 3 heterocycles. The maximum absolute atomic E-state index is 12.0. The van der Waals surface area contributed by atoms with Crippen LogP contribution in [0.4, 0.5) is 0 Å². The molecule has 3 rings (SSSR count). The fraction of sp³-hybridized carbons (Fsp3) is 0.462. The molecule has 7 heteroatoms. The van der Waals surface area contributed by atoms with Crippen molar-refractivity contribution in [3.8, 4) is 0 Å². The third-order valence-electron chi connectivity index (χ3n) is 3.50. The number of pyridine rings is 1. The average molecular weight is 275 g/mol. The molecule has 0 radical (unpaired) electrons. The van der Waals surface area contributed by atoms with Crippen LogP contribution in [0.15, 0.2) is 29.2 Å². The lowest BCUT2D eigenvalue weighted by molar-refractivity contribution is -0.132. The molecule has 106 valence electrons. The van der Waals surface area contributed by atoms with Gasteiger partial charge < -0.3 is 10.2 Å². The number of carbonyl (C=O) groups excluding carboxylic acids is 1. The van der Waals surface area contributed by atoms with E-state index in [0.717, 1.165) is 26.2 Å². The summed E-state index contributed by atoms with van der Waals surface area (Å²) in [7, 11) is 0. The van der Waals surface area contributed by atoms with Gasteiger partial charge in [-0.1, -0.05) is 6.07 Å². The Labute approximate surface area is 115 Å². The van der Waals surface area contributed by atoms with Gasteiger partial charge in [-0.3, -0.25) is 9.20 Å². The zero-order chi connectivity index (χ0) is 13.9. The van der Waals surface area contributed by atoms with Gasteiger partial charge in [0.15, 0.2) is 5.65 Å². The Hall–Kier alpha value is -2.15. The first-order chi connectivity index (χ1) is 9.75. The Morgan fingerprint density at radius 3 is 2.85 bits per heavy atom. The Morgan fingerprint density at radius 2 is 2.10 bits per heavy atom. The highest BCUT2D eigenvalue weighted by Gasteiger charge is 2.16. The molecule has 0 unspecified atom stereocenters. The van der Waals surface area contributed by atoms with E-state index >= 15 is 0 Å². The summed E-state index contributed by atoms with van der Waals surface area (Å²) in [6.45, 7) is 3.46. The summed E-state index contributed by atoms with van der Waals surface area (Å²) in [6.07, 6.45) is 1.99. The first-order valence-corrected chi connectivity index (χ1v) is 6.78. The van der Waals surface area contributed by atoms with E-state index in [2.05, 4.69) is 10.4 Å². The lowest BCUT2D eigenvalue weighted by atomic mass is 10.3. The molecule has 0 spiro atoms. The summed E-state index contributed by atoms with van der Waals surface area (Å²) in [4.78, 5) is 25.9. The quantitative estimate of drug-likeness (QED) is 0.805. The van der Waals surface area contributed by atoms with Gasteiger partial charge in [0.2, 0.25) is 5.91 Å². The van der Waals surface area contributed by atoms with Gasteiger partial charge in [0.1, 0.15) is 0 Å². The molecule has 0 saturated carbocycles. The van der Waals surface area contributed by atoms with Crippen LogP contribution in [-0.2, 0) is 11.3 Å². The van der Waals surface area contributed by atoms with Crippen molar-refractivity contribution in [1.82, 2.24) is 24.4 Å². The standard InChI is InChI=1S/C13H17N5O2/c19-12(16-9-5-14-6-10-16)4-8-18-13(20)17-7-2-1-3-11(17)15-18/h1-3,7,14H,4-6,8-10H2. The number of aryl methyl sites for hydroxylation is 1. The molecular formula is C13H17N5O2. The monoisotopic (exact) mass is 275 g/mol. The van der Waals surface area contributed by atoms with Crippen LogP contribution in [0.5, 0.6) is 0 Å². The van der Waals surface area contributed by atoms with Crippen molar-refractivity contribution in [3.05, 3.63) is 34.9 Å². The smallest absolute Gasteiger partial charge is 0.340 e. The van der Waals surface area contributed by atoms with E-state index in [1.807, 2.05) is 11.0 Å². The van der Waals surface area contributed by atoms with Gasteiger partial charge in [-0.15, -0.1) is 5.10 Å². The van der Waals surface area contributed by atoms with Crippen molar-refractivity contribution >= 4 is 11.6 Å². The lowest BCUT2D eigenvalue weighted by Gasteiger charge is -2.27. The SMILES string of the molecule is O=C(CCn1nc2ccccn2c1=O)N1CCNCC1. The van der Waals surface area contributed by atoms with Crippen molar-refractivity contribution in [2.75, 3.05) is 26.2 Å². The molecule has 0 bridgehead atoms. The Morgan fingerprint density at radius 1 is 1.30 bits per heavy atom. The molecule has 1 aliphatic heterocycles. The number of amides is 1. The van der Waals surface area contributed by atoms with Crippen LogP contribution in [0.2, 0.25) is 0 Å². The summed E-state index contributed by atoms with van der Waals surface area (Å²) in [5.74, 6) is 0.0791. The predicted octanol–water partition coefficient (Wildman–Crippen LogP) is -0.682. The van der Waals surface area contributed by atoms with Crippen molar-refractivity contribution < 1.29 is 4.79 Å². The van der Waals surface area contributed by atoms with E-state index in [1.54, 1.807) is 18.3 Å². The van der Waals surface area contributed by atoms with Crippen LogP contribution in [0.1, 0.15) is 6.42 Å². The number of hydrogen-bond donors (Lipinski definition) is 1. The fourth-order valence-corrected chi connectivity index (χ4v) is 2.39. The molecule has 1 N–H and O–H groups in total. The van der Waals surface area contributed by atoms with Crippen molar-refractivity contribution in [2.24, 2.45) is 0 Å². The summed E-state index contributed by atoms with van der Waals surface area (Å²) in [5.41, 5.74) is 0.404. The predicted molar refractivity (Wildman–Crippen MR) is 73.5 cm³/mol. The molecule has 7 nitrogen and oxygen atoms in total. The number of aromatic nitrogens is 3. The molecule has 0 aromatic carbocycles. The van der Waals surface area contributed by atoms with Gasteiger partial charge in [0, 0.05) is 38.8 Å². The van der Waals surface area contributed by atoms with Crippen molar-refractivity contribution in [3.63, 3.8) is 0 Å². The normalized spacial score (nSPS) is 15.7. The van der Waals surface area contributed by atoms with Gasteiger partial charge in [-0.2, -0.15) is 0 Å². The van der Waals surface area contributed by atoms with E-state index < -0.39 is 0 Å². The van der Waals surface area contributed by atoms with Gasteiger partial charge in [-0.05, 0) is 12.1 Å². The minimum atomic E-state index is -0.200. The summed E-state index contributed by atoms with van der Waals surface area (Å²) in [5, 5.41) is 7.42. The van der Waals surface area contributed by atoms with Crippen LogP contribution < -0.4 is 11.0 Å². The number of fused-ring (bicyclic) bond motifs is 1. The highest BCUT2D eigenvalue weighted by Crippen LogP contribution is 2.00. The van der Waals surface area contributed by atoms with Gasteiger partial charge in [0.25, 0.3) is 0 Å². The minimum Gasteiger partial charge on any atom is -0.340 e. The highest BCUT2D eigenvalue weighted by molar-refractivity contribution is 5.76. The zero-order valence-electron chi connectivity index (χ0n) is 11.2. The Balaban J connectivity index is 1.69. The van der Waals surface area contributed by atoms with E-state index in [9.17, 15) is 9.59 Å². The number of rotatable bonds is 3. The molecular weight excluding hydrogens is 258 g/mol. The highest BCUT2D eigenvalue weighted by atomic mass is 16.2. The van der Waals surface area contributed by atoms with Gasteiger partial charge >= 0.3 is 5.69 Å². The van der Waals surface area contributed by atoms with Gasteiger partial charge in [-0.25, -0.2) is 9.48 Å². The zero-order valence-corrected chi connectivity index (χ0v) is 11.2. The number of piperazine rings is 1. The number of nitrogens with zero attached hydrogens (tertiary/aromatic N) is 4. The molecule has 1 fully saturated rings. The molecule has 2 aromatic rings. The molecule has 0 atom stereocenters. The number of carbonyl (C=O) groups is 1. The van der Waals surface area contributed by atoms with E-state index in [-0.39, 0.29) is 11.6 Å². The molecule has 1 amide bonds. The van der Waals surface area contributed by atoms with E-state index in [1.165, 1.54) is 9.08 Å². The van der Waals surface area contributed by atoms with Crippen molar-refractivity contribution in [2.45, 2.75) is 13.0 Å². The molecule has 20 heavy (non-hydrogen) atoms. The van der Waals surface area contributed by atoms with Crippen LogP contribution in [-0.4, -0.2) is 51.2 Å². The molecule has 1 aliphatic rings. The molecule has 0 aliphatic carbocycles. The van der Waals surface area contributed by atoms with Crippen LogP contribution in [0.25, 0.3) is 5.65 Å². The Bertz CT molecular complexity index is 669. The third kappa shape index (κ3) is 2.44. The maximum Gasteiger partial charge on any atom is 0.350 e.